The molecule has 0 saturated carbocycles. The van der Waals surface area contributed by atoms with Gasteiger partial charge in [0.25, 0.3) is 5.91 Å². The summed E-state index contributed by atoms with van der Waals surface area (Å²) in [6, 6.07) is 15.9. The zero-order chi connectivity index (χ0) is 21.8. The fraction of sp³-hybridized carbons (Fsp3) is 0.440. The van der Waals surface area contributed by atoms with Gasteiger partial charge in [-0.15, -0.1) is 0 Å². The van der Waals surface area contributed by atoms with E-state index < -0.39 is 6.10 Å². The predicted octanol–water partition coefficient (Wildman–Crippen LogP) is 4.22. The Labute approximate surface area is 179 Å². The topological polar surface area (TPSA) is 58.6 Å². The third kappa shape index (κ3) is 4.84. The number of amides is 2. The van der Waals surface area contributed by atoms with E-state index in [1.54, 1.807) is 11.8 Å². The second-order valence-electron chi connectivity index (χ2n) is 8.50. The predicted molar refractivity (Wildman–Crippen MR) is 118 cm³/mol. The molecular weight excluding hydrogens is 376 g/mol. The van der Waals surface area contributed by atoms with Crippen molar-refractivity contribution in [2.45, 2.75) is 52.2 Å². The summed E-state index contributed by atoms with van der Waals surface area (Å²) in [6.07, 6.45) is -0.180. The van der Waals surface area contributed by atoms with E-state index >= 15 is 0 Å². The number of hydrogen-bond donors (Lipinski definition) is 1. The fourth-order valence-electron chi connectivity index (χ4n) is 4.28. The number of rotatable bonds is 7. The van der Waals surface area contributed by atoms with Crippen LogP contribution in [-0.4, -0.2) is 36.4 Å². The van der Waals surface area contributed by atoms with Crippen LogP contribution in [0.3, 0.4) is 0 Å². The summed E-state index contributed by atoms with van der Waals surface area (Å²) in [6.45, 7) is 8.57. The van der Waals surface area contributed by atoms with Crippen LogP contribution in [0.1, 0.15) is 55.8 Å². The van der Waals surface area contributed by atoms with Crippen LogP contribution in [0.2, 0.25) is 0 Å². The molecule has 1 fully saturated rings. The summed E-state index contributed by atoms with van der Waals surface area (Å²) in [5, 5.41) is 2.99. The Balaban J connectivity index is 1.60. The molecule has 5 heteroatoms. The molecule has 2 amide bonds. The van der Waals surface area contributed by atoms with Gasteiger partial charge in [-0.3, -0.25) is 9.59 Å². The molecule has 1 aliphatic rings. The molecule has 0 aliphatic carbocycles. The lowest BCUT2D eigenvalue weighted by Crippen LogP contribution is -2.39. The molecule has 0 bridgehead atoms. The molecule has 1 saturated heterocycles. The average Bonchev–Trinajstić information content (AvgIpc) is 3.00. The van der Waals surface area contributed by atoms with Crippen LogP contribution in [0.25, 0.3) is 0 Å². The molecule has 3 atom stereocenters. The first-order valence-electron chi connectivity index (χ1n) is 10.6. The van der Waals surface area contributed by atoms with E-state index in [1.807, 2.05) is 49.5 Å². The summed E-state index contributed by atoms with van der Waals surface area (Å²) >= 11 is 0. The van der Waals surface area contributed by atoms with E-state index in [2.05, 4.69) is 32.2 Å². The molecular formula is C25H32N2O3. The summed E-state index contributed by atoms with van der Waals surface area (Å²) < 4.78 is 5.87. The Morgan fingerprint density at radius 2 is 1.87 bits per heavy atom. The minimum Gasteiger partial charge on any atom is -0.481 e. The van der Waals surface area contributed by atoms with Crippen LogP contribution in [0, 0.1) is 12.8 Å². The van der Waals surface area contributed by atoms with Crippen LogP contribution >= 0.6 is 0 Å². The number of likely N-dealkylation sites (tertiary alicyclic amines) is 1. The maximum absolute atomic E-state index is 12.6. The van der Waals surface area contributed by atoms with E-state index in [4.69, 9.17) is 4.74 Å². The van der Waals surface area contributed by atoms with Gasteiger partial charge in [0.1, 0.15) is 5.75 Å². The van der Waals surface area contributed by atoms with Gasteiger partial charge in [0.05, 0.1) is 6.04 Å². The summed E-state index contributed by atoms with van der Waals surface area (Å²) in [4.78, 5) is 26.7. The molecule has 2 aromatic rings. The SMILES string of the molecule is Cc1cc(OC(C)C(=O)NCC2CC(=O)N(C)C2c2ccccc2)ccc1C(C)C. The lowest BCUT2D eigenvalue weighted by Gasteiger charge is -2.26. The van der Waals surface area contributed by atoms with Crippen molar-refractivity contribution in [3.63, 3.8) is 0 Å². The largest absolute Gasteiger partial charge is 0.481 e. The van der Waals surface area contributed by atoms with Gasteiger partial charge < -0.3 is 15.0 Å². The molecule has 1 aliphatic heterocycles. The fourth-order valence-corrected chi connectivity index (χ4v) is 4.28. The first-order valence-corrected chi connectivity index (χ1v) is 10.6. The second kappa shape index (κ2) is 9.33. The highest BCUT2D eigenvalue weighted by molar-refractivity contribution is 5.82. The van der Waals surface area contributed by atoms with E-state index in [1.165, 1.54) is 5.56 Å². The van der Waals surface area contributed by atoms with Crippen molar-refractivity contribution in [2.24, 2.45) is 5.92 Å². The Morgan fingerprint density at radius 1 is 1.17 bits per heavy atom. The number of hydrogen-bond acceptors (Lipinski definition) is 3. The van der Waals surface area contributed by atoms with Gasteiger partial charge in [0, 0.05) is 25.9 Å². The van der Waals surface area contributed by atoms with E-state index in [-0.39, 0.29) is 23.8 Å². The summed E-state index contributed by atoms with van der Waals surface area (Å²) in [7, 11) is 1.83. The lowest BCUT2D eigenvalue weighted by atomic mass is 9.93. The van der Waals surface area contributed by atoms with Crippen molar-refractivity contribution in [3.8, 4) is 5.75 Å². The Bertz CT molecular complexity index is 895. The molecule has 3 unspecified atom stereocenters. The van der Waals surface area contributed by atoms with Crippen molar-refractivity contribution in [3.05, 3.63) is 65.2 Å². The first-order chi connectivity index (χ1) is 14.3. The molecule has 5 nitrogen and oxygen atoms in total. The number of nitrogens with one attached hydrogen (secondary N) is 1. The third-order valence-corrected chi connectivity index (χ3v) is 5.92. The maximum Gasteiger partial charge on any atom is 0.260 e. The van der Waals surface area contributed by atoms with Gasteiger partial charge in [0.15, 0.2) is 6.10 Å². The molecule has 0 spiro atoms. The van der Waals surface area contributed by atoms with Crippen LogP contribution in [0.5, 0.6) is 5.75 Å². The molecule has 2 aromatic carbocycles. The molecule has 160 valence electrons. The molecule has 30 heavy (non-hydrogen) atoms. The van der Waals surface area contributed by atoms with E-state index in [9.17, 15) is 9.59 Å². The maximum atomic E-state index is 12.6. The molecule has 0 aromatic heterocycles. The monoisotopic (exact) mass is 408 g/mol. The van der Waals surface area contributed by atoms with Crippen LogP contribution < -0.4 is 10.1 Å². The number of carbonyl (C=O) groups excluding carboxylic acids is 2. The first kappa shape index (κ1) is 21.9. The number of aryl methyl sites for hydroxylation is 1. The highest BCUT2D eigenvalue weighted by Crippen LogP contribution is 2.36. The second-order valence-corrected chi connectivity index (χ2v) is 8.50. The van der Waals surface area contributed by atoms with E-state index in [0.717, 1.165) is 11.1 Å². The number of carbonyl (C=O) groups is 2. The summed E-state index contributed by atoms with van der Waals surface area (Å²) in [5.41, 5.74) is 3.53. The van der Waals surface area contributed by atoms with Crippen LogP contribution in [0.15, 0.2) is 48.5 Å². The van der Waals surface area contributed by atoms with Crippen molar-refractivity contribution in [1.29, 1.82) is 0 Å². The van der Waals surface area contributed by atoms with Gasteiger partial charge in [-0.25, -0.2) is 0 Å². The number of nitrogens with zero attached hydrogens (tertiary/aromatic N) is 1. The minimum absolute atomic E-state index is 0.0264. The van der Waals surface area contributed by atoms with Gasteiger partial charge in [0.2, 0.25) is 5.91 Å². The Kier molecular flexibility index (Phi) is 6.80. The summed E-state index contributed by atoms with van der Waals surface area (Å²) in [5.74, 6) is 1.11. The average molecular weight is 409 g/mol. The smallest absolute Gasteiger partial charge is 0.260 e. The molecule has 1 N–H and O–H groups in total. The van der Waals surface area contributed by atoms with Gasteiger partial charge >= 0.3 is 0 Å². The van der Waals surface area contributed by atoms with Gasteiger partial charge in [-0.05, 0) is 48.6 Å². The van der Waals surface area contributed by atoms with Gasteiger partial charge in [-0.2, -0.15) is 0 Å². The zero-order valence-corrected chi connectivity index (χ0v) is 18.5. The van der Waals surface area contributed by atoms with Crippen molar-refractivity contribution < 1.29 is 14.3 Å². The Morgan fingerprint density at radius 3 is 2.50 bits per heavy atom. The zero-order valence-electron chi connectivity index (χ0n) is 18.5. The molecule has 0 radical (unpaired) electrons. The lowest BCUT2D eigenvalue weighted by molar-refractivity contribution is -0.128. The number of benzene rings is 2. The van der Waals surface area contributed by atoms with Crippen LogP contribution in [0.4, 0.5) is 0 Å². The standard InChI is InChI=1S/C25H32N2O3/c1-16(2)22-12-11-21(13-17(22)3)30-18(4)25(29)26-15-20-14-23(28)27(5)24(20)19-9-7-6-8-10-19/h6-13,16,18,20,24H,14-15H2,1-5H3,(H,26,29). The van der Waals surface area contributed by atoms with Crippen molar-refractivity contribution in [1.82, 2.24) is 10.2 Å². The number of ether oxygens (including phenoxy) is 1. The van der Waals surface area contributed by atoms with Crippen molar-refractivity contribution in [2.75, 3.05) is 13.6 Å². The Hall–Kier alpha value is -2.82. The van der Waals surface area contributed by atoms with Gasteiger partial charge in [-0.1, -0.05) is 50.2 Å². The minimum atomic E-state index is -0.612. The molecule has 1 heterocycles. The molecule has 3 rings (SSSR count). The van der Waals surface area contributed by atoms with Crippen molar-refractivity contribution >= 4 is 11.8 Å². The quantitative estimate of drug-likeness (QED) is 0.746. The highest BCUT2D eigenvalue weighted by atomic mass is 16.5. The highest BCUT2D eigenvalue weighted by Gasteiger charge is 2.38. The van der Waals surface area contributed by atoms with Crippen LogP contribution in [-0.2, 0) is 9.59 Å². The van der Waals surface area contributed by atoms with E-state index in [0.29, 0.717) is 24.6 Å². The third-order valence-electron chi connectivity index (χ3n) is 5.92. The normalized spacial score (nSPS) is 19.8.